The molecule has 26 heavy (non-hydrogen) atoms. The SMILES string of the molecule is O=C(NCc1ccccc1F)c1ccc(-c2ccc3c(c2)OCCO3)s1. The Hall–Kier alpha value is -2.86. The monoisotopic (exact) mass is 369 g/mol. The van der Waals surface area contributed by atoms with Crippen LogP contribution in [0.25, 0.3) is 10.4 Å². The van der Waals surface area contributed by atoms with Gasteiger partial charge in [-0.15, -0.1) is 11.3 Å². The molecule has 1 aliphatic rings. The van der Waals surface area contributed by atoms with E-state index < -0.39 is 0 Å². The Kier molecular flexibility index (Phi) is 4.58. The Morgan fingerprint density at radius 3 is 2.69 bits per heavy atom. The number of carbonyl (C=O) groups excluding carboxylic acids is 1. The van der Waals surface area contributed by atoms with Crippen LogP contribution in [0, 0.1) is 5.82 Å². The molecule has 1 aromatic heterocycles. The highest BCUT2D eigenvalue weighted by atomic mass is 32.1. The summed E-state index contributed by atoms with van der Waals surface area (Å²) in [6.45, 7) is 1.24. The first-order chi connectivity index (χ1) is 12.7. The number of fused-ring (bicyclic) bond motifs is 1. The van der Waals surface area contributed by atoms with Gasteiger partial charge in [-0.25, -0.2) is 4.39 Å². The summed E-state index contributed by atoms with van der Waals surface area (Å²) in [5, 5.41) is 2.76. The maximum Gasteiger partial charge on any atom is 0.261 e. The molecular weight excluding hydrogens is 353 g/mol. The zero-order chi connectivity index (χ0) is 17.9. The van der Waals surface area contributed by atoms with Crippen LogP contribution in [0.3, 0.4) is 0 Å². The summed E-state index contributed by atoms with van der Waals surface area (Å²) in [7, 11) is 0. The predicted molar refractivity (Wildman–Crippen MR) is 98.3 cm³/mol. The number of hydrogen-bond acceptors (Lipinski definition) is 4. The molecule has 3 aromatic rings. The van der Waals surface area contributed by atoms with E-state index in [0.717, 1.165) is 16.2 Å². The van der Waals surface area contributed by atoms with Crippen LogP contribution in [-0.4, -0.2) is 19.1 Å². The molecule has 1 aliphatic heterocycles. The average Bonchev–Trinajstić information content (AvgIpc) is 3.17. The Morgan fingerprint density at radius 1 is 1.04 bits per heavy atom. The highest BCUT2D eigenvalue weighted by Gasteiger charge is 2.15. The molecule has 4 rings (SSSR count). The van der Waals surface area contributed by atoms with E-state index in [1.807, 2.05) is 24.3 Å². The van der Waals surface area contributed by atoms with Gasteiger partial charge >= 0.3 is 0 Å². The van der Waals surface area contributed by atoms with Crippen LogP contribution in [0.2, 0.25) is 0 Å². The summed E-state index contributed by atoms with van der Waals surface area (Å²) in [5.41, 5.74) is 1.43. The van der Waals surface area contributed by atoms with Crippen molar-refractivity contribution in [3.05, 3.63) is 70.9 Å². The van der Waals surface area contributed by atoms with E-state index in [2.05, 4.69) is 5.32 Å². The third kappa shape index (κ3) is 3.41. The van der Waals surface area contributed by atoms with Crippen LogP contribution in [0.5, 0.6) is 11.5 Å². The molecule has 2 heterocycles. The summed E-state index contributed by atoms with van der Waals surface area (Å²) in [4.78, 5) is 13.9. The second kappa shape index (κ2) is 7.17. The summed E-state index contributed by atoms with van der Waals surface area (Å²) >= 11 is 1.38. The van der Waals surface area contributed by atoms with Crippen LogP contribution >= 0.6 is 11.3 Å². The van der Waals surface area contributed by atoms with E-state index in [9.17, 15) is 9.18 Å². The molecule has 132 valence electrons. The predicted octanol–water partition coefficient (Wildman–Crippen LogP) is 4.26. The van der Waals surface area contributed by atoms with Crippen molar-refractivity contribution in [2.24, 2.45) is 0 Å². The maximum absolute atomic E-state index is 13.6. The largest absolute Gasteiger partial charge is 0.486 e. The fourth-order valence-electron chi connectivity index (χ4n) is 2.72. The van der Waals surface area contributed by atoms with Gasteiger partial charge in [0.25, 0.3) is 5.91 Å². The first-order valence-corrected chi connectivity index (χ1v) is 9.04. The number of amides is 1. The number of ether oxygens (including phenoxy) is 2. The Labute approximate surface area is 154 Å². The van der Waals surface area contributed by atoms with Crippen molar-refractivity contribution in [2.45, 2.75) is 6.54 Å². The first-order valence-electron chi connectivity index (χ1n) is 8.22. The van der Waals surface area contributed by atoms with Crippen LogP contribution < -0.4 is 14.8 Å². The van der Waals surface area contributed by atoms with Gasteiger partial charge in [0.2, 0.25) is 0 Å². The minimum absolute atomic E-state index is 0.156. The van der Waals surface area contributed by atoms with Crippen molar-refractivity contribution in [1.29, 1.82) is 0 Å². The van der Waals surface area contributed by atoms with E-state index in [1.54, 1.807) is 24.3 Å². The molecule has 2 aromatic carbocycles. The van der Waals surface area contributed by atoms with E-state index in [1.165, 1.54) is 17.4 Å². The van der Waals surface area contributed by atoms with Crippen LogP contribution in [-0.2, 0) is 6.54 Å². The van der Waals surface area contributed by atoms with Crippen molar-refractivity contribution >= 4 is 17.2 Å². The lowest BCUT2D eigenvalue weighted by molar-refractivity contribution is 0.0954. The van der Waals surface area contributed by atoms with Gasteiger partial charge in [-0.2, -0.15) is 0 Å². The molecule has 0 radical (unpaired) electrons. The van der Waals surface area contributed by atoms with E-state index in [4.69, 9.17) is 9.47 Å². The van der Waals surface area contributed by atoms with Gasteiger partial charge in [-0.05, 0) is 42.0 Å². The Morgan fingerprint density at radius 2 is 1.85 bits per heavy atom. The lowest BCUT2D eigenvalue weighted by Crippen LogP contribution is -2.22. The van der Waals surface area contributed by atoms with Gasteiger partial charge in [0.15, 0.2) is 11.5 Å². The Bertz CT molecular complexity index is 954. The average molecular weight is 369 g/mol. The molecule has 0 fully saturated rings. The highest BCUT2D eigenvalue weighted by molar-refractivity contribution is 7.17. The zero-order valence-corrected chi connectivity index (χ0v) is 14.6. The molecule has 0 aliphatic carbocycles. The minimum Gasteiger partial charge on any atom is -0.486 e. The second-order valence-electron chi connectivity index (χ2n) is 5.80. The van der Waals surface area contributed by atoms with Crippen LogP contribution in [0.1, 0.15) is 15.2 Å². The van der Waals surface area contributed by atoms with Crippen LogP contribution in [0.4, 0.5) is 4.39 Å². The third-order valence-electron chi connectivity index (χ3n) is 4.05. The third-order valence-corrected chi connectivity index (χ3v) is 5.19. The molecule has 0 saturated carbocycles. The number of rotatable bonds is 4. The molecular formula is C20H16FNO3S. The number of carbonyl (C=O) groups is 1. The Balaban J connectivity index is 1.47. The second-order valence-corrected chi connectivity index (χ2v) is 6.88. The summed E-state index contributed by atoms with van der Waals surface area (Å²) in [6, 6.07) is 15.8. The van der Waals surface area contributed by atoms with Crippen LogP contribution in [0.15, 0.2) is 54.6 Å². The summed E-state index contributed by atoms with van der Waals surface area (Å²) in [6.07, 6.45) is 0. The number of nitrogens with one attached hydrogen (secondary N) is 1. The topological polar surface area (TPSA) is 47.6 Å². The number of thiophene rings is 1. The van der Waals surface area contributed by atoms with Crippen molar-refractivity contribution in [3.63, 3.8) is 0 Å². The van der Waals surface area contributed by atoms with Gasteiger partial charge in [0.1, 0.15) is 19.0 Å². The normalized spacial score (nSPS) is 12.7. The molecule has 0 spiro atoms. The molecule has 6 heteroatoms. The summed E-state index contributed by atoms with van der Waals surface area (Å²) < 4.78 is 24.8. The molecule has 0 bridgehead atoms. The minimum atomic E-state index is -0.323. The number of hydrogen-bond donors (Lipinski definition) is 1. The van der Waals surface area contributed by atoms with Crippen molar-refractivity contribution < 1.29 is 18.7 Å². The molecule has 0 unspecified atom stereocenters. The quantitative estimate of drug-likeness (QED) is 0.748. The first kappa shape index (κ1) is 16.6. The van der Waals surface area contributed by atoms with Crippen molar-refractivity contribution in [1.82, 2.24) is 5.32 Å². The fourth-order valence-corrected chi connectivity index (χ4v) is 3.63. The standard InChI is InChI=1S/C20H16FNO3S/c21-15-4-2-1-3-14(15)12-22-20(23)19-8-7-18(26-19)13-5-6-16-17(11-13)25-10-9-24-16/h1-8,11H,9-10,12H2,(H,22,23). The molecule has 0 saturated heterocycles. The highest BCUT2D eigenvalue weighted by Crippen LogP contribution is 2.36. The van der Waals surface area contributed by atoms with E-state index in [-0.39, 0.29) is 18.3 Å². The summed E-state index contributed by atoms with van der Waals surface area (Å²) in [5.74, 6) is 0.908. The fraction of sp³-hybridized carbons (Fsp3) is 0.150. The van der Waals surface area contributed by atoms with Gasteiger partial charge in [0, 0.05) is 17.0 Å². The number of benzene rings is 2. The molecule has 4 nitrogen and oxygen atoms in total. The number of halogens is 1. The lowest BCUT2D eigenvalue weighted by Gasteiger charge is -2.18. The van der Waals surface area contributed by atoms with Crippen molar-refractivity contribution in [2.75, 3.05) is 13.2 Å². The van der Waals surface area contributed by atoms with E-state index >= 15 is 0 Å². The lowest BCUT2D eigenvalue weighted by atomic mass is 10.1. The van der Waals surface area contributed by atoms with Gasteiger partial charge in [-0.1, -0.05) is 18.2 Å². The maximum atomic E-state index is 13.6. The van der Waals surface area contributed by atoms with Gasteiger partial charge in [0.05, 0.1) is 4.88 Å². The smallest absolute Gasteiger partial charge is 0.261 e. The molecule has 1 N–H and O–H groups in total. The molecule has 0 atom stereocenters. The zero-order valence-electron chi connectivity index (χ0n) is 13.8. The van der Waals surface area contributed by atoms with E-state index in [0.29, 0.717) is 29.4 Å². The van der Waals surface area contributed by atoms with Gasteiger partial charge < -0.3 is 14.8 Å². The van der Waals surface area contributed by atoms with Gasteiger partial charge in [-0.3, -0.25) is 4.79 Å². The van der Waals surface area contributed by atoms with Crippen molar-refractivity contribution in [3.8, 4) is 21.9 Å². The molecule has 1 amide bonds.